The topological polar surface area (TPSA) is 104 Å². The number of anilines is 2. The van der Waals surface area contributed by atoms with Gasteiger partial charge in [0.05, 0.1) is 11.4 Å². The summed E-state index contributed by atoms with van der Waals surface area (Å²) in [5, 5.41) is 14.0. The summed E-state index contributed by atoms with van der Waals surface area (Å²) < 4.78 is 33.4. The maximum atomic E-state index is 13.6. The van der Waals surface area contributed by atoms with Gasteiger partial charge in [-0.15, -0.1) is 0 Å². The predicted octanol–water partition coefficient (Wildman–Crippen LogP) is 3.96. The van der Waals surface area contributed by atoms with Gasteiger partial charge >= 0.3 is 0 Å². The molecule has 0 bridgehead atoms. The molecule has 1 aliphatic rings. The molecule has 7 nitrogen and oxygen atoms in total. The van der Waals surface area contributed by atoms with Crippen LogP contribution in [0, 0.1) is 6.92 Å². The van der Waals surface area contributed by atoms with Crippen molar-refractivity contribution in [2.75, 3.05) is 23.3 Å². The summed E-state index contributed by atoms with van der Waals surface area (Å²) in [7, 11) is 0. The van der Waals surface area contributed by atoms with Crippen LogP contribution in [0.1, 0.15) is 48.7 Å². The number of piperidine rings is 1. The van der Waals surface area contributed by atoms with E-state index in [1.807, 2.05) is 32.0 Å². The third kappa shape index (κ3) is 4.85. The number of para-hydroxylation sites is 1. The zero-order chi connectivity index (χ0) is 23.8. The summed E-state index contributed by atoms with van der Waals surface area (Å²) in [5.41, 5.74) is 5.40. The van der Waals surface area contributed by atoms with Gasteiger partial charge in [-0.05, 0) is 31.5 Å². The van der Waals surface area contributed by atoms with Crippen LogP contribution >= 0.6 is 0 Å². The van der Waals surface area contributed by atoms with E-state index in [-0.39, 0.29) is 37.4 Å². The maximum absolute atomic E-state index is 13.6. The van der Waals surface area contributed by atoms with Crippen molar-refractivity contribution < 1.29 is 18.3 Å². The minimum absolute atomic E-state index is 0.119. The highest BCUT2D eigenvalue weighted by Gasteiger charge is 2.35. The van der Waals surface area contributed by atoms with Gasteiger partial charge in [0.1, 0.15) is 11.8 Å². The van der Waals surface area contributed by atoms with Gasteiger partial charge in [0.2, 0.25) is 0 Å². The minimum atomic E-state index is -2.69. The Bertz CT molecular complexity index is 1200. The zero-order valence-corrected chi connectivity index (χ0v) is 18.6. The van der Waals surface area contributed by atoms with Crippen LogP contribution in [-0.4, -0.2) is 24.1 Å². The first-order chi connectivity index (χ1) is 15.7. The molecule has 33 heavy (non-hydrogen) atoms. The van der Waals surface area contributed by atoms with E-state index in [1.54, 1.807) is 23.1 Å². The van der Waals surface area contributed by atoms with Gasteiger partial charge in [0.15, 0.2) is 11.3 Å². The first kappa shape index (κ1) is 23.2. The molecule has 1 unspecified atom stereocenters. The lowest BCUT2D eigenvalue weighted by molar-refractivity contribution is -0.0225. The van der Waals surface area contributed by atoms with Gasteiger partial charge in [0, 0.05) is 48.8 Å². The first-order valence-electron chi connectivity index (χ1n) is 10.9. The Morgan fingerprint density at radius 2 is 1.85 bits per heavy atom. The van der Waals surface area contributed by atoms with Crippen LogP contribution in [0.25, 0.3) is 11.0 Å². The Morgan fingerprint density at radius 3 is 2.55 bits per heavy atom. The molecule has 0 radical (unpaired) electrons. The average Bonchev–Trinajstić information content (AvgIpc) is 2.78. The van der Waals surface area contributed by atoms with Gasteiger partial charge in [-0.3, -0.25) is 10.6 Å². The number of alkyl halides is 2. The normalized spacial score (nSPS) is 17.7. The second-order valence-corrected chi connectivity index (χ2v) is 8.55. The molecule has 9 heteroatoms. The molecule has 5 N–H and O–H groups in total. The molecule has 1 aromatic heterocycles. The minimum Gasteiger partial charge on any atom is -0.440 e. The highest BCUT2D eigenvalue weighted by atomic mass is 19.3. The molecule has 0 amide bonds. The molecule has 1 saturated heterocycles. The van der Waals surface area contributed by atoms with Crippen molar-refractivity contribution in [2.45, 2.75) is 44.9 Å². The molecule has 0 spiro atoms. The maximum Gasteiger partial charge on any atom is 0.251 e. The van der Waals surface area contributed by atoms with E-state index in [0.717, 1.165) is 11.1 Å². The highest BCUT2D eigenvalue weighted by molar-refractivity contribution is 5.82. The number of nitrogens with one attached hydrogen (secondary N) is 2. The highest BCUT2D eigenvalue weighted by Crippen LogP contribution is 2.34. The van der Waals surface area contributed by atoms with Crippen LogP contribution < -0.4 is 26.9 Å². The van der Waals surface area contributed by atoms with Crippen LogP contribution in [0.3, 0.4) is 0 Å². The predicted molar refractivity (Wildman–Crippen MR) is 124 cm³/mol. The lowest BCUT2D eigenvalue weighted by Crippen LogP contribution is -2.39. The second-order valence-electron chi connectivity index (χ2n) is 8.55. The molecule has 2 atom stereocenters. The fraction of sp³-hybridized carbons (Fsp3) is 0.375. The van der Waals surface area contributed by atoms with E-state index in [9.17, 15) is 18.7 Å². The molecule has 176 valence electrons. The summed E-state index contributed by atoms with van der Waals surface area (Å²) in [6.07, 6.45) is -1.61. The second kappa shape index (κ2) is 9.09. The molecular weight excluding hydrogens is 430 g/mol. The molecular formula is C24H28F2N4O3. The number of nitrogens with zero attached hydrogens (tertiary/aromatic N) is 1. The van der Waals surface area contributed by atoms with Crippen LogP contribution in [0.5, 0.6) is 0 Å². The monoisotopic (exact) mass is 458 g/mol. The lowest BCUT2D eigenvalue weighted by Gasteiger charge is -2.32. The molecule has 4 rings (SSSR count). The van der Waals surface area contributed by atoms with E-state index in [1.165, 1.54) is 6.07 Å². The van der Waals surface area contributed by atoms with Crippen LogP contribution in [-0.2, 0) is 0 Å². The number of aliphatic hydroxyl groups excluding tert-OH is 1. The Hall–Kier alpha value is -3.01. The Kier molecular flexibility index (Phi) is 6.38. The Morgan fingerprint density at radius 1 is 1.15 bits per heavy atom. The summed E-state index contributed by atoms with van der Waals surface area (Å²) in [4.78, 5) is 14.6. The summed E-state index contributed by atoms with van der Waals surface area (Å²) >= 11 is 0. The van der Waals surface area contributed by atoms with Gasteiger partial charge < -0.3 is 19.7 Å². The summed E-state index contributed by atoms with van der Waals surface area (Å²) in [6, 6.07) is 12.0. The van der Waals surface area contributed by atoms with Crippen molar-refractivity contribution in [3.8, 4) is 0 Å². The van der Waals surface area contributed by atoms with Crippen molar-refractivity contribution in [3.05, 3.63) is 69.4 Å². The first-order valence-corrected chi connectivity index (χ1v) is 10.9. The quantitative estimate of drug-likeness (QED) is 0.252. The number of halogens is 2. The smallest absolute Gasteiger partial charge is 0.251 e. The molecule has 0 saturated carbocycles. The number of hydrogen-bond acceptors (Lipinski definition) is 7. The van der Waals surface area contributed by atoms with Crippen molar-refractivity contribution in [2.24, 2.45) is 5.84 Å². The number of aryl methyl sites for hydroxylation is 1. The SMILES string of the molecule is Cc1cc([C@@H](C)Nc2ccccc2C(O)NN)c2oc(N3CCC(F)(F)CC3)cc(=O)c2c1. The molecule has 1 fully saturated rings. The Labute approximate surface area is 190 Å². The number of rotatable bonds is 6. The zero-order valence-electron chi connectivity index (χ0n) is 18.6. The van der Waals surface area contributed by atoms with Crippen LogP contribution in [0.2, 0.25) is 0 Å². The molecule has 1 aliphatic heterocycles. The van der Waals surface area contributed by atoms with Gasteiger partial charge in [-0.25, -0.2) is 14.2 Å². The van der Waals surface area contributed by atoms with Gasteiger partial charge in [-0.1, -0.05) is 24.3 Å². The fourth-order valence-electron chi connectivity index (χ4n) is 4.22. The molecule has 2 heterocycles. The van der Waals surface area contributed by atoms with Crippen molar-refractivity contribution >= 4 is 22.5 Å². The standard InChI is InChI=1S/C24H28F2N4O3/c1-14-11-17(15(2)28-19-6-4-3-5-16(19)23(32)29-27)22-18(12-14)20(31)13-21(33-22)30-9-7-24(25,26)8-10-30/h3-6,11-13,15,23,28-29,32H,7-10,27H2,1-2H3/t15-,23?/m1/s1. The number of nitrogens with two attached hydrogens (primary N) is 1. The van der Waals surface area contributed by atoms with Gasteiger partial charge in [0.25, 0.3) is 5.92 Å². The average molecular weight is 459 g/mol. The third-order valence-corrected chi connectivity index (χ3v) is 6.05. The van der Waals surface area contributed by atoms with Crippen LogP contribution in [0.15, 0.2) is 51.7 Å². The summed E-state index contributed by atoms with van der Waals surface area (Å²) in [5.74, 6) is 3.01. The number of fused-ring (bicyclic) bond motifs is 1. The number of aliphatic hydroxyl groups is 1. The van der Waals surface area contributed by atoms with Crippen LogP contribution in [0.4, 0.5) is 20.4 Å². The number of hydrogen-bond donors (Lipinski definition) is 4. The third-order valence-electron chi connectivity index (χ3n) is 6.05. The van der Waals surface area contributed by atoms with Crippen molar-refractivity contribution in [3.63, 3.8) is 0 Å². The summed E-state index contributed by atoms with van der Waals surface area (Å²) in [6.45, 7) is 4.05. The number of hydrazine groups is 1. The van der Waals surface area contributed by atoms with Crippen molar-refractivity contribution in [1.82, 2.24) is 5.43 Å². The van der Waals surface area contributed by atoms with E-state index >= 15 is 0 Å². The molecule has 2 aromatic carbocycles. The largest absolute Gasteiger partial charge is 0.440 e. The van der Waals surface area contributed by atoms with E-state index in [0.29, 0.717) is 28.1 Å². The van der Waals surface area contributed by atoms with E-state index < -0.39 is 12.2 Å². The fourth-order valence-corrected chi connectivity index (χ4v) is 4.22. The van der Waals surface area contributed by atoms with E-state index in [2.05, 4.69) is 10.7 Å². The van der Waals surface area contributed by atoms with Crippen molar-refractivity contribution in [1.29, 1.82) is 0 Å². The lowest BCUT2D eigenvalue weighted by atomic mass is 10.0. The van der Waals surface area contributed by atoms with E-state index in [4.69, 9.17) is 10.3 Å². The molecule has 3 aromatic rings. The molecule has 0 aliphatic carbocycles. The number of benzene rings is 2. The van der Waals surface area contributed by atoms with Gasteiger partial charge in [-0.2, -0.15) is 0 Å². The Balaban J connectivity index is 1.73.